The van der Waals surface area contributed by atoms with Crippen molar-refractivity contribution in [2.24, 2.45) is 13.0 Å². The molecule has 2 aromatic rings. The molecule has 1 unspecified atom stereocenters. The van der Waals surface area contributed by atoms with E-state index in [-0.39, 0.29) is 0 Å². The Balaban J connectivity index is 1.52. The molecule has 1 fully saturated rings. The van der Waals surface area contributed by atoms with Crippen molar-refractivity contribution in [3.05, 3.63) is 47.3 Å². The van der Waals surface area contributed by atoms with Crippen molar-refractivity contribution in [2.45, 2.75) is 39.2 Å². The highest BCUT2D eigenvalue weighted by atomic mass is 16.5. The zero-order valence-corrected chi connectivity index (χ0v) is 15.2. The Bertz CT molecular complexity index is 665. The first-order valence-electron chi connectivity index (χ1n) is 8.98. The molecule has 3 rings (SSSR count). The molecule has 0 N–H and O–H groups in total. The zero-order valence-electron chi connectivity index (χ0n) is 15.2. The summed E-state index contributed by atoms with van der Waals surface area (Å²) in [6.07, 6.45) is 7.08. The van der Waals surface area contributed by atoms with E-state index >= 15 is 0 Å². The molecule has 4 heteroatoms. The van der Waals surface area contributed by atoms with E-state index in [9.17, 15) is 0 Å². The fourth-order valence-electron chi connectivity index (χ4n) is 3.67. The second-order valence-electron chi connectivity index (χ2n) is 7.01. The molecule has 1 aromatic heterocycles. The summed E-state index contributed by atoms with van der Waals surface area (Å²) in [5.74, 6) is 1.76. The summed E-state index contributed by atoms with van der Waals surface area (Å²) in [7, 11) is 3.75. The van der Waals surface area contributed by atoms with E-state index in [4.69, 9.17) is 4.74 Å². The van der Waals surface area contributed by atoms with Crippen molar-refractivity contribution in [2.75, 3.05) is 20.2 Å². The minimum Gasteiger partial charge on any atom is -0.497 e. The van der Waals surface area contributed by atoms with Crippen molar-refractivity contribution < 1.29 is 4.74 Å². The van der Waals surface area contributed by atoms with Crippen LogP contribution in [0, 0.1) is 12.8 Å². The van der Waals surface area contributed by atoms with Crippen molar-refractivity contribution in [3.63, 3.8) is 0 Å². The Kier molecular flexibility index (Phi) is 5.56. The molecule has 4 nitrogen and oxygen atoms in total. The van der Waals surface area contributed by atoms with Crippen LogP contribution < -0.4 is 4.74 Å². The van der Waals surface area contributed by atoms with Crippen molar-refractivity contribution in [3.8, 4) is 5.75 Å². The fraction of sp³-hybridized carbons (Fsp3) is 0.550. The van der Waals surface area contributed by atoms with Gasteiger partial charge in [-0.15, -0.1) is 0 Å². The highest BCUT2D eigenvalue weighted by molar-refractivity contribution is 5.28. The highest BCUT2D eigenvalue weighted by Gasteiger charge is 2.21. The molecule has 0 amide bonds. The van der Waals surface area contributed by atoms with Crippen LogP contribution in [0.4, 0.5) is 0 Å². The number of rotatable bonds is 6. The maximum absolute atomic E-state index is 5.33. The van der Waals surface area contributed by atoms with Gasteiger partial charge in [-0.25, -0.2) is 0 Å². The molecule has 1 atom stereocenters. The SMILES string of the molecule is COc1cccc(CCC2CCCN(Cc3cnn(C)c3C)C2)c1. The van der Waals surface area contributed by atoms with Gasteiger partial charge in [0.05, 0.1) is 13.3 Å². The average molecular weight is 327 g/mol. The van der Waals surface area contributed by atoms with Crippen LogP contribution >= 0.6 is 0 Å². The molecule has 1 aliphatic rings. The number of aryl methyl sites for hydroxylation is 2. The van der Waals surface area contributed by atoms with Crippen LogP contribution in [0.5, 0.6) is 5.75 Å². The van der Waals surface area contributed by atoms with Crippen LogP contribution in [-0.2, 0) is 20.0 Å². The van der Waals surface area contributed by atoms with Gasteiger partial charge in [0.25, 0.3) is 0 Å². The third kappa shape index (κ3) is 4.18. The fourth-order valence-corrected chi connectivity index (χ4v) is 3.67. The van der Waals surface area contributed by atoms with Gasteiger partial charge in [-0.05, 0) is 62.8 Å². The Morgan fingerprint density at radius 2 is 2.21 bits per heavy atom. The molecular weight excluding hydrogens is 298 g/mol. The van der Waals surface area contributed by atoms with Gasteiger partial charge in [0, 0.05) is 31.4 Å². The monoisotopic (exact) mass is 327 g/mol. The lowest BCUT2D eigenvalue weighted by Gasteiger charge is -2.32. The Morgan fingerprint density at radius 1 is 1.33 bits per heavy atom. The van der Waals surface area contributed by atoms with Crippen LogP contribution in [0.3, 0.4) is 0 Å². The van der Waals surface area contributed by atoms with E-state index in [1.165, 1.54) is 49.2 Å². The minimum absolute atomic E-state index is 0.793. The molecule has 24 heavy (non-hydrogen) atoms. The van der Waals surface area contributed by atoms with Crippen LogP contribution in [0.2, 0.25) is 0 Å². The lowest BCUT2D eigenvalue weighted by atomic mass is 9.91. The second kappa shape index (κ2) is 7.84. The minimum atomic E-state index is 0.793. The normalized spacial score (nSPS) is 18.7. The second-order valence-corrected chi connectivity index (χ2v) is 7.01. The average Bonchev–Trinajstić information content (AvgIpc) is 2.92. The van der Waals surface area contributed by atoms with Crippen LogP contribution in [0.25, 0.3) is 0 Å². The first kappa shape index (κ1) is 17.0. The number of hydrogen-bond donors (Lipinski definition) is 0. The molecule has 0 aliphatic carbocycles. The summed E-state index contributed by atoms with van der Waals surface area (Å²) in [6, 6.07) is 8.48. The highest BCUT2D eigenvalue weighted by Crippen LogP contribution is 2.24. The third-order valence-electron chi connectivity index (χ3n) is 5.31. The van der Waals surface area contributed by atoms with E-state index in [0.29, 0.717) is 0 Å². The number of aromatic nitrogens is 2. The van der Waals surface area contributed by atoms with Gasteiger partial charge in [-0.1, -0.05) is 12.1 Å². The number of nitrogens with zero attached hydrogens (tertiary/aromatic N) is 3. The van der Waals surface area contributed by atoms with Gasteiger partial charge in [-0.2, -0.15) is 5.10 Å². The summed E-state index contributed by atoms with van der Waals surface area (Å²) >= 11 is 0. The summed E-state index contributed by atoms with van der Waals surface area (Å²) < 4.78 is 7.30. The van der Waals surface area contributed by atoms with Gasteiger partial charge < -0.3 is 4.74 Å². The smallest absolute Gasteiger partial charge is 0.119 e. The topological polar surface area (TPSA) is 30.3 Å². The Hall–Kier alpha value is -1.81. The summed E-state index contributed by atoms with van der Waals surface area (Å²) in [6.45, 7) is 5.62. The van der Waals surface area contributed by atoms with Crippen molar-refractivity contribution in [1.82, 2.24) is 14.7 Å². The molecule has 130 valence electrons. The van der Waals surface area contributed by atoms with E-state index in [1.807, 2.05) is 24.0 Å². The molecule has 0 saturated carbocycles. The number of hydrogen-bond acceptors (Lipinski definition) is 3. The summed E-state index contributed by atoms with van der Waals surface area (Å²) in [4.78, 5) is 2.60. The van der Waals surface area contributed by atoms with E-state index < -0.39 is 0 Å². The molecule has 1 aliphatic heterocycles. The third-order valence-corrected chi connectivity index (χ3v) is 5.31. The van der Waals surface area contributed by atoms with Crippen molar-refractivity contribution >= 4 is 0 Å². The lowest BCUT2D eigenvalue weighted by Crippen LogP contribution is -2.35. The molecule has 2 heterocycles. The number of piperidine rings is 1. The molecule has 0 radical (unpaired) electrons. The van der Waals surface area contributed by atoms with Gasteiger partial charge in [0.15, 0.2) is 0 Å². The van der Waals surface area contributed by atoms with Gasteiger partial charge >= 0.3 is 0 Å². The largest absolute Gasteiger partial charge is 0.497 e. The molecule has 0 bridgehead atoms. The van der Waals surface area contributed by atoms with Gasteiger partial charge in [-0.3, -0.25) is 9.58 Å². The maximum Gasteiger partial charge on any atom is 0.119 e. The molecule has 0 spiro atoms. The van der Waals surface area contributed by atoms with Gasteiger partial charge in [0.2, 0.25) is 0 Å². The van der Waals surface area contributed by atoms with Crippen molar-refractivity contribution in [1.29, 1.82) is 0 Å². The van der Waals surface area contributed by atoms with E-state index in [0.717, 1.165) is 24.6 Å². The van der Waals surface area contributed by atoms with E-state index in [2.05, 4.69) is 35.1 Å². The first-order chi connectivity index (χ1) is 11.7. The predicted molar refractivity (Wildman–Crippen MR) is 97.3 cm³/mol. The van der Waals surface area contributed by atoms with Crippen LogP contribution in [0.1, 0.15) is 36.1 Å². The summed E-state index contributed by atoms with van der Waals surface area (Å²) in [5, 5.41) is 4.37. The molecule has 1 aromatic carbocycles. The zero-order chi connectivity index (χ0) is 16.9. The Morgan fingerprint density at radius 3 is 2.96 bits per heavy atom. The predicted octanol–water partition coefficient (Wildman–Crippen LogP) is 3.58. The molecular formula is C20H29N3O. The quantitative estimate of drug-likeness (QED) is 0.812. The Labute approximate surface area is 145 Å². The molecule has 1 saturated heterocycles. The van der Waals surface area contributed by atoms with E-state index in [1.54, 1.807) is 7.11 Å². The summed E-state index contributed by atoms with van der Waals surface area (Å²) in [5.41, 5.74) is 4.04. The first-order valence-corrected chi connectivity index (χ1v) is 8.98. The lowest BCUT2D eigenvalue weighted by molar-refractivity contribution is 0.161. The maximum atomic E-state index is 5.33. The van der Waals surface area contributed by atoms with Crippen LogP contribution in [0.15, 0.2) is 30.5 Å². The number of methoxy groups -OCH3 is 1. The standard InChI is InChI=1S/C20H29N3O/c1-16-19(13-21-22(16)2)15-23-11-5-7-18(14-23)10-9-17-6-4-8-20(12-17)24-3/h4,6,8,12-13,18H,5,7,9-11,14-15H2,1-3H3. The number of ether oxygens (including phenoxy) is 1. The number of benzene rings is 1. The van der Waals surface area contributed by atoms with Crippen LogP contribution in [-0.4, -0.2) is 34.9 Å². The van der Waals surface area contributed by atoms with Gasteiger partial charge in [0.1, 0.15) is 5.75 Å². The number of likely N-dealkylation sites (tertiary alicyclic amines) is 1.